The molecule has 1 amide bonds. The first-order chi connectivity index (χ1) is 9.67. The van der Waals surface area contributed by atoms with Gasteiger partial charge in [0.1, 0.15) is 18.3 Å². The van der Waals surface area contributed by atoms with Gasteiger partial charge in [0.25, 0.3) is 0 Å². The maximum Gasteiger partial charge on any atom is 0.311 e. The van der Waals surface area contributed by atoms with Crippen molar-refractivity contribution in [3.63, 3.8) is 0 Å². The average molecular weight is 291 g/mol. The Balaban J connectivity index is 2.18. The minimum Gasteiger partial charge on any atom is -0.492 e. The molecule has 2 rings (SSSR count). The van der Waals surface area contributed by atoms with Gasteiger partial charge in [-0.25, -0.2) is 0 Å². The number of nitrogens with one attached hydrogen (secondary N) is 1. The lowest BCUT2D eigenvalue weighted by molar-refractivity contribution is -0.151. The van der Waals surface area contributed by atoms with Crippen molar-refractivity contribution in [2.45, 2.75) is 39.2 Å². The number of aliphatic carboxylic acids is 1. The molecule has 1 aliphatic heterocycles. The van der Waals surface area contributed by atoms with Gasteiger partial charge in [-0.15, -0.1) is 0 Å². The van der Waals surface area contributed by atoms with E-state index in [1.54, 1.807) is 27.7 Å². The number of carbonyl (C=O) groups is 2. The topological polar surface area (TPSA) is 75.6 Å². The van der Waals surface area contributed by atoms with Gasteiger partial charge in [-0.05, 0) is 33.8 Å². The number of hydrogen-bond acceptors (Lipinski definition) is 3. The van der Waals surface area contributed by atoms with Crippen LogP contribution in [-0.2, 0) is 9.59 Å². The number of carboxylic acid groups (broad SMARTS) is 1. The summed E-state index contributed by atoms with van der Waals surface area (Å²) in [5.41, 5.74) is -1.12. The maximum atomic E-state index is 12.5. The zero-order chi connectivity index (χ0) is 15.8. The van der Waals surface area contributed by atoms with E-state index in [9.17, 15) is 14.7 Å². The molecule has 2 N–H and O–H groups in total. The van der Waals surface area contributed by atoms with Crippen LogP contribution in [0.1, 0.15) is 39.2 Å². The van der Waals surface area contributed by atoms with Gasteiger partial charge in [-0.2, -0.15) is 0 Å². The number of ether oxygens (including phenoxy) is 1. The van der Waals surface area contributed by atoms with Crippen molar-refractivity contribution < 1.29 is 19.4 Å². The summed E-state index contributed by atoms with van der Waals surface area (Å²) in [4.78, 5) is 23.9. The second-order valence-corrected chi connectivity index (χ2v) is 6.45. The largest absolute Gasteiger partial charge is 0.492 e. The maximum absolute atomic E-state index is 12.5. The molecule has 0 spiro atoms. The van der Waals surface area contributed by atoms with Crippen molar-refractivity contribution in [2.24, 2.45) is 5.41 Å². The third-order valence-electron chi connectivity index (χ3n) is 4.55. The lowest BCUT2D eigenvalue weighted by Crippen LogP contribution is -2.57. The molecule has 1 unspecified atom stereocenters. The first kappa shape index (κ1) is 15.4. The summed E-state index contributed by atoms with van der Waals surface area (Å²) < 4.78 is 5.50. The van der Waals surface area contributed by atoms with Gasteiger partial charge in [-0.1, -0.05) is 18.2 Å². The summed E-state index contributed by atoms with van der Waals surface area (Å²) in [5, 5.41) is 12.2. The highest BCUT2D eigenvalue weighted by Crippen LogP contribution is 2.36. The van der Waals surface area contributed by atoms with Crippen molar-refractivity contribution >= 4 is 11.9 Å². The Morgan fingerprint density at radius 2 is 1.86 bits per heavy atom. The fourth-order valence-electron chi connectivity index (χ4n) is 2.20. The van der Waals surface area contributed by atoms with Crippen LogP contribution in [0.5, 0.6) is 5.75 Å². The van der Waals surface area contributed by atoms with Gasteiger partial charge >= 0.3 is 5.97 Å². The smallest absolute Gasteiger partial charge is 0.311 e. The van der Waals surface area contributed by atoms with Crippen LogP contribution in [0.3, 0.4) is 0 Å². The van der Waals surface area contributed by atoms with Crippen LogP contribution < -0.4 is 10.1 Å². The molecule has 1 aromatic rings. The van der Waals surface area contributed by atoms with E-state index >= 15 is 0 Å². The van der Waals surface area contributed by atoms with Crippen LogP contribution in [0.25, 0.3) is 0 Å². The first-order valence-corrected chi connectivity index (χ1v) is 6.94. The summed E-state index contributed by atoms with van der Waals surface area (Å²) >= 11 is 0. The lowest BCUT2D eigenvalue weighted by Gasteiger charge is -2.39. The van der Waals surface area contributed by atoms with Gasteiger partial charge in [0.15, 0.2) is 0 Å². The third kappa shape index (κ3) is 2.60. The van der Waals surface area contributed by atoms with Gasteiger partial charge in [-0.3, -0.25) is 9.59 Å². The highest BCUT2D eigenvalue weighted by molar-refractivity contribution is 5.87. The molecular weight excluding hydrogens is 270 g/mol. The highest BCUT2D eigenvalue weighted by Gasteiger charge is 2.45. The van der Waals surface area contributed by atoms with Gasteiger partial charge < -0.3 is 15.2 Å². The van der Waals surface area contributed by atoms with E-state index in [0.29, 0.717) is 5.75 Å². The quantitative estimate of drug-likeness (QED) is 0.891. The standard InChI is InChI=1S/C16H21NO4/c1-15(2,14(19)20)16(3,4)17-13(18)11-9-21-12-8-6-5-7-10(11)12/h5-8,11H,9H2,1-4H3,(H,17,18)(H,19,20). The Bertz CT molecular complexity index is 577. The number of hydrogen-bond donors (Lipinski definition) is 2. The molecule has 1 heterocycles. The Morgan fingerprint density at radius 3 is 2.48 bits per heavy atom. The number of rotatable bonds is 4. The molecule has 1 aromatic carbocycles. The van der Waals surface area contributed by atoms with Crippen LogP contribution in [0, 0.1) is 5.41 Å². The number of amides is 1. The summed E-state index contributed by atoms with van der Waals surface area (Å²) in [6.45, 7) is 6.94. The second-order valence-electron chi connectivity index (χ2n) is 6.45. The second kappa shape index (κ2) is 5.06. The molecule has 5 nitrogen and oxygen atoms in total. The molecule has 0 radical (unpaired) electrons. The van der Waals surface area contributed by atoms with E-state index in [1.165, 1.54) is 0 Å². The Labute approximate surface area is 124 Å². The zero-order valence-corrected chi connectivity index (χ0v) is 12.8. The van der Waals surface area contributed by atoms with Crippen molar-refractivity contribution in [3.05, 3.63) is 29.8 Å². The summed E-state index contributed by atoms with van der Waals surface area (Å²) in [6.07, 6.45) is 0. The minimum absolute atomic E-state index is 0.209. The van der Waals surface area contributed by atoms with Crippen LogP contribution in [0.4, 0.5) is 0 Å². The fraction of sp³-hybridized carbons (Fsp3) is 0.500. The highest BCUT2D eigenvalue weighted by atomic mass is 16.5. The van der Waals surface area contributed by atoms with Crippen LogP contribution >= 0.6 is 0 Å². The van der Waals surface area contributed by atoms with Crippen molar-refractivity contribution in [3.8, 4) is 5.75 Å². The van der Waals surface area contributed by atoms with E-state index in [2.05, 4.69) is 5.32 Å². The Morgan fingerprint density at radius 1 is 1.24 bits per heavy atom. The molecular formula is C16H21NO4. The van der Waals surface area contributed by atoms with Gasteiger partial charge in [0, 0.05) is 11.1 Å². The molecule has 0 fully saturated rings. The number of carbonyl (C=O) groups excluding carboxylic acids is 1. The van der Waals surface area contributed by atoms with Crippen LogP contribution in [0.2, 0.25) is 0 Å². The number of carboxylic acids is 1. The molecule has 1 atom stereocenters. The normalized spacial score (nSPS) is 17.8. The average Bonchev–Trinajstić information content (AvgIpc) is 2.81. The zero-order valence-electron chi connectivity index (χ0n) is 12.8. The van der Waals surface area contributed by atoms with E-state index < -0.39 is 22.8 Å². The lowest BCUT2D eigenvalue weighted by atomic mass is 9.74. The van der Waals surface area contributed by atoms with Crippen molar-refractivity contribution in [2.75, 3.05) is 6.61 Å². The van der Waals surface area contributed by atoms with Gasteiger partial charge in [0.2, 0.25) is 5.91 Å². The molecule has 0 aliphatic carbocycles. The Hall–Kier alpha value is -2.04. The predicted octanol–water partition coefficient (Wildman–Crippen LogP) is 2.17. The molecule has 1 aliphatic rings. The molecule has 0 saturated carbocycles. The summed E-state index contributed by atoms with van der Waals surface area (Å²) in [6, 6.07) is 7.41. The molecule has 21 heavy (non-hydrogen) atoms. The number of fused-ring (bicyclic) bond motifs is 1. The van der Waals surface area contributed by atoms with Crippen LogP contribution in [-0.4, -0.2) is 29.1 Å². The van der Waals surface area contributed by atoms with Crippen LogP contribution in [0.15, 0.2) is 24.3 Å². The number of para-hydroxylation sites is 1. The molecule has 0 aromatic heterocycles. The molecule has 5 heteroatoms. The molecule has 0 saturated heterocycles. The molecule has 0 bridgehead atoms. The fourth-order valence-corrected chi connectivity index (χ4v) is 2.20. The number of benzene rings is 1. The summed E-state index contributed by atoms with van der Waals surface area (Å²) in [5.74, 6) is -0.840. The van der Waals surface area contributed by atoms with E-state index in [-0.39, 0.29) is 12.5 Å². The SMILES string of the molecule is CC(C)(NC(=O)C1COc2ccccc21)C(C)(C)C(=O)O. The van der Waals surface area contributed by atoms with Gasteiger partial charge in [0.05, 0.1) is 5.41 Å². The predicted molar refractivity (Wildman–Crippen MR) is 78.3 cm³/mol. The minimum atomic E-state index is -1.08. The van der Waals surface area contributed by atoms with Crippen molar-refractivity contribution in [1.29, 1.82) is 0 Å². The third-order valence-corrected chi connectivity index (χ3v) is 4.55. The Kier molecular flexibility index (Phi) is 3.70. The van der Waals surface area contributed by atoms with Crippen molar-refractivity contribution in [1.82, 2.24) is 5.32 Å². The van der Waals surface area contributed by atoms with E-state index in [0.717, 1.165) is 5.56 Å². The van der Waals surface area contributed by atoms with E-state index in [1.807, 2.05) is 24.3 Å². The summed E-state index contributed by atoms with van der Waals surface area (Å²) in [7, 11) is 0. The van der Waals surface area contributed by atoms with E-state index in [4.69, 9.17) is 4.74 Å². The molecule has 114 valence electrons. The first-order valence-electron chi connectivity index (χ1n) is 6.94. The monoisotopic (exact) mass is 291 g/mol.